The summed E-state index contributed by atoms with van der Waals surface area (Å²) in [6.07, 6.45) is 0. The molecule has 1 aliphatic rings. The Morgan fingerprint density at radius 2 is 1.72 bits per heavy atom. The molecule has 0 amide bonds. The third kappa shape index (κ3) is 5.80. The van der Waals surface area contributed by atoms with Crippen molar-refractivity contribution in [3.05, 3.63) is 99.6 Å². The lowest BCUT2D eigenvalue weighted by molar-refractivity contribution is -0.136. The van der Waals surface area contributed by atoms with Gasteiger partial charge in [0.2, 0.25) is 0 Å². The van der Waals surface area contributed by atoms with Crippen molar-refractivity contribution in [2.75, 3.05) is 13.7 Å². The Morgan fingerprint density at radius 3 is 2.39 bits per heavy atom. The molecule has 0 unspecified atom stereocenters. The molecule has 0 saturated heterocycles. The molecule has 0 aliphatic carbocycles. The first-order valence-corrected chi connectivity index (χ1v) is 12.3. The number of esters is 1. The summed E-state index contributed by atoms with van der Waals surface area (Å²) >= 11 is 11.6. The zero-order valence-corrected chi connectivity index (χ0v) is 21.8. The van der Waals surface area contributed by atoms with Crippen LogP contribution >= 0.6 is 23.8 Å². The van der Waals surface area contributed by atoms with E-state index in [0.717, 1.165) is 16.7 Å². The van der Waals surface area contributed by atoms with Crippen LogP contribution in [0.5, 0.6) is 11.5 Å². The fraction of sp³-hybridized carbons (Fsp3) is 0.214. The molecule has 0 spiro atoms. The summed E-state index contributed by atoms with van der Waals surface area (Å²) in [5.41, 5.74) is 4.74. The normalized spacial score (nSPS) is 15.1. The van der Waals surface area contributed by atoms with Crippen molar-refractivity contribution in [1.29, 1.82) is 0 Å². The number of ether oxygens (including phenoxy) is 3. The van der Waals surface area contributed by atoms with Crippen molar-refractivity contribution >= 4 is 40.6 Å². The second-order valence-electron chi connectivity index (χ2n) is 8.23. The monoisotopic (exact) mass is 522 g/mol. The van der Waals surface area contributed by atoms with Gasteiger partial charge in [-0.25, -0.2) is 4.79 Å². The number of benzene rings is 3. The molecular formula is C28H27ClN2O4S. The van der Waals surface area contributed by atoms with Crippen LogP contribution in [0.3, 0.4) is 0 Å². The average molecular weight is 523 g/mol. The van der Waals surface area contributed by atoms with Gasteiger partial charge in [0.1, 0.15) is 6.61 Å². The van der Waals surface area contributed by atoms with Crippen LogP contribution in [-0.4, -0.2) is 24.8 Å². The number of carbonyl (C=O) groups excluding carboxylic acids is 1. The largest absolute Gasteiger partial charge is 0.490 e. The zero-order chi connectivity index (χ0) is 25.7. The van der Waals surface area contributed by atoms with Crippen LogP contribution < -0.4 is 20.1 Å². The summed E-state index contributed by atoms with van der Waals surface area (Å²) in [4.78, 5) is 13.0. The molecule has 1 atom stereocenters. The van der Waals surface area contributed by atoms with Gasteiger partial charge in [0.05, 0.1) is 31.0 Å². The Labute approximate surface area is 221 Å². The van der Waals surface area contributed by atoms with E-state index in [4.69, 9.17) is 38.0 Å². The van der Waals surface area contributed by atoms with Crippen molar-refractivity contribution in [3.8, 4) is 11.5 Å². The number of hydrogen-bond acceptors (Lipinski definition) is 5. The van der Waals surface area contributed by atoms with Crippen LogP contribution in [0, 0.1) is 6.92 Å². The Morgan fingerprint density at radius 1 is 1.00 bits per heavy atom. The van der Waals surface area contributed by atoms with E-state index in [1.54, 1.807) is 12.1 Å². The highest BCUT2D eigenvalue weighted by Gasteiger charge is 2.33. The molecule has 0 aromatic heterocycles. The van der Waals surface area contributed by atoms with Crippen molar-refractivity contribution in [1.82, 2.24) is 10.6 Å². The van der Waals surface area contributed by atoms with Crippen LogP contribution in [0.15, 0.2) is 72.3 Å². The number of hydrogen-bond donors (Lipinski definition) is 2. The van der Waals surface area contributed by atoms with E-state index in [1.807, 2.05) is 56.3 Å². The van der Waals surface area contributed by atoms with Gasteiger partial charge < -0.3 is 24.8 Å². The number of thiocarbonyl (C=S) groups is 1. The fourth-order valence-corrected chi connectivity index (χ4v) is 4.27. The Hall–Kier alpha value is -3.55. The molecule has 186 valence electrons. The topological polar surface area (TPSA) is 68.8 Å². The van der Waals surface area contributed by atoms with Crippen molar-refractivity contribution < 1.29 is 19.0 Å². The molecule has 0 fully saturated rings. The second-order valence-corrected chi connectivity index (χ2v) is 9.08. The minimum Gasteiger partial charge on any atom is -0.490 e. The number of nitrogens with one attached hydrogen (secondary N) is 2. The summed E-state index contributed by atoms with van der Waals surface area (Å²) in [5, 5.41) is 7.29. The summed E-state index contributed by atoms with van der Waals surface area (Å²) < 4.78 is 17.1. The molecule has 36 heavy (non-hydrogen) atoms. The molecule has 0 saturated carbocycles. The fourth-order valence-electron chi connectivity index (χ4n) is 3.93. The highest BCUT2D eigenvalue weighted by molar-refractivity contribution is 7.80. The van der Waals surface area contributed by atoms with Gasteiger partial charge in [-0.15, -0.1) is 0 Å². The van der Waals surface area contributed by atoms with E-state index in [1.165, 1.54) is 12.7 Å². The summed E-state index contributed by atoms with van der Waals surface area (Å²) in [6.45, 7) is 4.82. The van der Waals surface area contributed by atoms with Gasteiger partial charge in [-0.05, 0) is 67.0 Å². The van der Waals surface area contributed by atoms with E-state index < -0.39 is 12.0 Å². The van der Waals surface area contributed by atoms with Gasteiger partial charge in [0.25, 0.3) is 0 Å². The smallest absolute Gasteiger partial charge is 0.338 e. The van der Waals surface area contributed by atoms with Crippen LogP contribution in [0.1, 0.15) is 35.2 Å². The predicted molar refractivity (Wildman–Crippen MR) is 145 cm³/mol. The van der Waals surface area contributed by atoms with Crippen LogP contribution in [0.25, 0.3) is 5.70 Å². The summed E-state index contributed by atoms with van der Waals surface area (Å²) in [6, 6.07) is 20.4. The lowest BCUT2D eigenvalue weighted by atomic mass is 9.92. The molecular weight excluding hydrogens is 496 g/mol. The molecule has 0 bridgehead atoms. The minimum absolute atomic E-state index is 0.385. The molecule has 8 heteroatoms. The molecule has 6 nitrogen and oxygen atoms in total. The standard InChI is InChI=1S/C28H27ClN2O4S/c1-4-34-23-15-20(11-14-22(23)35-16-18-7-5-17(2)6-8-18)26-24(27(32)33-3)25(30-28(36)31-26)19-9-12-21(29)13-10-19/h5-15,26H,4,16H2,1-3H3,(H2,30,31,36)/t26-/m1/s1. The molecule has 4 rings (SSSR count). The lowest BCUT2D eigenvalue weighted by Gasteiger charge is -2.31. The van der Waals surface area contributed by atoms with E-state index in [-0.39, 0.29) is 0 Å². The average Bonchev–Trinajstić information content (AvgIpc) is 2.88. The maximum Gasteiger partial charge on any atom is 0.338 e. The molecule has 3 aromatic rings. The van der Waals surface area contributed by atoms with Crippen LogP contribution in [0.4, 0.5) is 0 Å². The summed E-state index contributed by atoms with van der Waals surface area (Å²) in [7, 11) is 1.35. The molecule has 0 radical (unpaired) electrons. The third-order valence-corrected chi connectivity index (χ3v) is 6.20. The van der Waals surface area contributed by atoms with Gasteiger partial charge in [0, 0.05) is 5.02 Å². The lowest BCUT2D eigenvalue weighted by Crippen LogP contribution is -2.45. The van der Waals surface area contributed by atoms with Crippen LogP contribution in [-0.2, 0) is 16.1 Å². The van der Waals surface area contributed by atoms with Crippen LogP contribution in [0.2, 0.25) is 5.02 Å². The first-order chi connectivity index (χ1) is 17.4. The summed E-state index contributed by atoms with van der Waals surface area (Å²) in [5.74, 6) is 0.704. The molecule has 3 aromatic carbocycles. The van der Waals surface area contributed by atoms with Gasteiger partial charge in [-0.3, -0.25) is 0 Å². The van der Waals surface area contributed by atoms with Gasteiger partial charge in [0.15, 0.2) is 16.6 Å². The zero-order valence-electron chi connectivity index (χ0n) is 20.3. The van der Waals surface area contributed by atoms with E-state index in [9.17, 15) is 4.79 Å². The first kappa shape index (κ1) is 25.5. The van der Waals surface area contributed by atoms with Gasteiger partial charge >= 0.3 is 5.97 Å². The predicted octanol–water partition coefficient (Wildman–Crippen LogP) is 5.73. The molecule has 1 heterocycles. The maximum atomic E-state index is 13.0. The minimum atomic E-state index is -0.567. The van der Waals surface area contributed by atoms with E-state index in [0.29, 0.717) is 46.1 Å². The maximum absolute atomic E-state index is 13.0. The van der Waals surface area contributed by atoms with E-state index in [2.05, 4.69) is 22.8 Å². The number of aryl methyl sites for hydroxylation is 1. The van der Waals surface area contributed by atoms with E-state index >= 15 is 0 Å². The second kappa shape index (κ2) is 11.5. The number of methoxy groups -OCH3 is 1. The molecule has 2 N–H and O–H groups in total. The van der Waals surface area contributed by atoms with Gasteiger partial charge in [-0.2, -0.15) is 0 Å². The highest BCUT2D eigenvalue weighted by Crippen LogP contribution is 2.37. The van der Waals surface area contributed by atoms with Crippen molar-refractivity contribution in [3.63, 3.8) is 0 Å². The quantitative estimate of drug-likeness (QED) is 0.289. The number of carbonyl (C=O) groups is 1. The first-order valence-electron chi connectivity index (χ1n) is 11.5. The number of rotatable bonds is 8. The molecule has 1 aliphatic heterocycles. The number of halogens is 1. The van der Waals surface area contributed by atoms with Crippen molar-refractivity contribution in [2.45, 2.75) is 26.5 Å². The SMILES string of the molecule is CCOc1cc([C@H]2NC(=S)NC(c3ccc(Cl)cc3)=C2C(=O)OC)ccc1OCc1ccc(C)cc1. The Bertz CT molecular complexity index is 1290. The van der Waals surface area contributed by atoms with Crippen molar-refractivity contribution in [2.24, 2.45) is 0 Å². The Kier molecular flexibility index (Phi) is 8.13. The highest BCUT2D eigenvalue weighted by atomic mass is 35.5. The Balaban J connectivity index is 1.71. The third-order valence-electron chi connectivity index (χ3n) is 5.73. The van der Waals surface area contributed by atoms with Gasteiger partial charge in [-0.1, -0.05) is 59.6 Å².